The summed E-state index contributed by atoms with van der Waals surface area (Å²) in [6, 6.07) is 6.25. The molecule has 0 atom stereocenters. The number of hydrogen-bond acceptors (Lipinski definition) is 5. The minimum atomic E-state index is -3.82. The van der Waals surface area contributed by atoms with E-state index < -0.39 is 20.6 Å². The van der Waals surface area contributed by atoms with Gasteiger partial charge in [0.2, 0.25) is 10.0 Å². The number of pyridine rings is 1. The molecule has 0 saturated heterocycles. The second kappa shape index (κ2) is 8.49. The van der Waals surface area contributed by atoms with E-state index in [0.29, 0.717) is 24.1 Å². The number of nitrogens with zero attached hydrogens (tertiary/aromatic N) is 1. The largest absolute Gasteiger partial charge is 0.396 e. The lowest BCUT2D eigenvalue weighted by Crippen LogP contribution is -2.33. The van der Waals surface area contributed by atoms with Crippen molar-refractivity contribution in [1.29, 1.82) is 0 Å². The number of sulfonamides is 1. The Labute approximate surface area is 175 Å². The summed E-state index contributed by atoms with van der Waals surface area (Å²) in [6.45, 7) is 1.56. The zero-order chi connectivity index (χ0) is 22.1. The number of aromatic nitrogens is 1. The first kappa shape index (κ1) is 22.5. The molecule has 1 aliphatic carbocycles. The monoisotopic (exact) mass is 438 g/mol. The standard InChI is InChI=1S/C21H27FN2O5S/c1-14-4-5-15(17(22)10-14)12-19-18(11-16(13-29-3)20(26)24(19)2)23-30(27,28)21(6-7-21)8-9-25/h4-5,10-11,23,25H,6-9,12-13H2,1-3H3. The number of hydrogen-bond donors (Lipinski definition) is 2. The van der Waals surface area contributed by atoms with E-state index in [-0.39, 0.29) is 42.9 Å². The number of methoxy groups -OCH3 is 1. The van der Waals surface area contributed by atoms with Crippen molar-refractivity contribution in [1.82, 2.24) is 4.57 Å². The van der Waals surface area contributed by atoms with E-state index in [2.05, 4.69) is 4.72 Å². The summed E-state index contributed by atoms with van der Waals surface area (Å²) in [4.78, 5) is 12.7. The van der Waals surface area contributed by atoms with E-state index in [0.717, 1.165) is 5.56 Å². The lowest BCUT2D eigenvalue weighted by molar-refractivity contribution is 0.183. The van der Waals surface area contributed by atoms with Crippen LogP contribution in [-0.4, -0.2) is 36.6 Å². The van der Waals surface area contributed by atoms with Gasteiger partial charge < -0.3 is 14.4 Å². The van der Waals surface area contributed by atoms with Crippen molar-refractivity contribution in [2.75, 3.05) is 18.4 Å². The van der Waals surface area contributed by atoms with Gasteiger partial charge in [-0.15, -0.1) is 0 Å². The number of ether oxygens (including phenoxy) is 1. The van der Waals surface area contributed by atoms with E-state index >= 15 is 0 Å². The lowest BCUT2D eigenvalue weighted by atomic mass is 10.0. The Balaban J connectivity index is 2.09. The number of rotatable bonds is 9. The van der Waals surface area contributed by atoms with Crippen LogP contribution in [0.1, 0.15) is 41.6 Å². The maximum Gasteiger partial charge on any atom is 0.256 e. The first-order valence-electron chi connectivity index (χ1n) is 9.73. The second-order valence-corrected chi connectivity index (χ2v) is 9.94. The van der Waals surface area contributed by atoms with E-state index in [9.17, 15) is 22.7 Å². The molecule has 1 fully saturated rings. The summed E-state index contributed by atoms with van der Waals surface area (Å²) in [5.74, 6) is -0.420. The third kappa shape index (κ3) is 4.28. The van der Waals surface area contributed by atoms with Gasteiger partial charge in [0.15, 0.2) is 0 Å². The fraction of sp³-hybridized carbons (Fsp3) is 0.476. The molecule has 0 bridgehead atoms. The number of halogens is 1. The molecule has 0 spiro atoms. The average molecular weight is 439 g/mol. The van der Waals surface area contributed by atoms with Crippen LogP contribution in [0.3, 0.4) is 0 Å². The highest BCUT2D eigenvalue weighted by molar-refractivity contribution is 7.94. The van der Waals surface area contributed by atoms with E-state index in [4.69, 9.17) is 4.74 Å². The molecule has 1 aromatic heterocycles. The first-order chi connectivity index (χ1) is 14.1. The normalized spacial score (nSPS) is 15.2. The third-order valence-electron chi connectivity index (χ3n) is 5.67. The van der Waals surface area contributed by atoms with Crippen LogP contribution < -0.4 is 10.3 Å². The van der Waals surface area contributed by atoms with Gasteiger partial charge in [0.25, 0.3) is 5.56 Å². The Morgan fingerprint density at radius 2 is 1.97 bits per heavy atom. The number of aryl methyl sites for hydroxylation is 1. The number of aliphatic hydroxyl groups excluding tert-OH is 1. The van der Waals surface area contributed by atoms with Crippen molar-refractivity contribution < 1.29 is 22.7 Å². The second-order valence-electron chi connectivity index (χ2n) is 7.86. The Hall–Kier alpha value is -2.23. The van der Waals surface area contributed by atoms with Gasteiger partial charge in [0, 0.05) is 38.4 Å². The van der Waals surface area contributed by atoms with Crippen molar-refractivity contribution in [3.05, 3.63) is 62.8 Å². The highest BCUT2D eigenvalue weighted by atomic mass is 32.2. The van der Waals surface area contributed by atoms with E-state index in [1.54, 1.807) is 19.1 Å². The van der Waals surface area contributed by atoms with Crippen molar-refractivity contribution in [2.24, 2.45) is 7.05 Å². The molecule has 3 rings (SSSR count). The minimum absolute atomic E-state index is 0.0162. The molecule has 7 nitrogen and oxygen atoms in total. The first-order valence-corrected chi connectivity index (χ1v) is 11.2. The summed E-state index contributed by atoms with van der Waals surface area (Å²) in [7, 11) is -0.844. The van der Waals surface area contributed by atoms with Crippen molar-refractivity contribution >= 4 is 15.7 Å². The van der Waals surface area contributed by atoms with Crippen LogP contribution in [0, 0.1) is 12.7 Å². The highest BCUT2D eigenvalue weighted by Gasteiger charge is 2.54. The molecule has 0 radical (unpaired) electrons. The summed E-state index contributed by atoms with van der Waals surface area (Å²) < 4.78 is 48.6. The Morgan fingerprint density at radius 3 is 2.53 bits per heavy atom. The summed E-state index contributed by atoms with van der Waals surface area (Å²) in [6.07, 6.45) is 1.10. The predicted octanol–water partition coefficient (Wildman–Crippen LogP) is 2.23. The summed E-state index contributed by atoms with van der Waals surface area (Å²) >= 11 is 0. The van der Waals surface area contributed by atoms with Gasteiger partial charge in [0.05, 0.1) is 17.0 Å². The Bertz CT molecular complexity index is 1110. The molecule has 9 heteroatoms. The third-order valence-corrected chi connectivity index (χ3v) is 7.91. The van der Waals surface area contributed by atoms with Crippen molar-refractivity contribution in [3.63, 3.8) is 0 Å². The molecule has 1 aliphatic rings. The zero-order valence-electron chi connectivity index (χ0n) is 17.4. The molecule has 1 aromatic carbocycles. The zero-order valence-corrected chi connectivity index (χ0v) is 18.2. The minimum Gasteiger partial charge on any atom is -0.396 e. The molecular formula is C21H27FN2O5S. The van der Waals surface area contributed by atoms with Gasteiger partial charge in [0.1, 0.15) is 5.82 Å². The number of anilines is 1. The molecule has 0 unspecified atom stereocenters. The molecule has 164 valence electrons. The van der Waals surface area contributed by atoms with Crippen LogP contribution in [-0.2, 0) is 34.8 Å². The van der Waals surface area contributed by atoms with Gasteiger partial charge in [-0.25, -0.2) is 12.8 Å². The predicted molar refractivity (Wildman–Crippen MR) is 113 cm³/mol. The Morgan fingerprint density at radius 1 is 1.27 bits per heavy atom. The van der Waals surface area contributed by atoms with Crippen LogP contribution in [0.2, 0.25) is 0 Å². The smallest absolute Gasteiger partial charge is 0.256 e. The molecular weight excluding hydrogens is 411 g/mol. The number of benzene rings is 1. The van der Waals surface area contributed by atoms with Crippen molar-refractivity contribution in [3.8, 4) is 0 Å². The summed E-state index contributed by atoms with van der Waals surface area (Å²) in [5, 5.41) is 9.27. The fourth-order valence-corrected chi connectivity index (χ4v) is 5.31. The quantitative estimate of drug-likeness (QED) is 0.626. The van der Waals surface area contributed by atoms with Gasteiger partial charge in [-0.2, -0.15) is 0 Å². The van der Waals surface area contributed by atoms with Crippen LogP contribution in [0.25, 0.3) is 0 Å². The maximum atomic E-state index is 14.5. The lowest BCUT2D eigenvalue weighted by Gasteiger charge is -2.21. The van der Waals surface area contributed by atoms with E-state index in [1.807, 2.05) is 0 Å². The van der Waals surface area contributed by atoms with Gasteiger partial charge in [-0.05, 0) is 49.4 Å². The maximum absolute atomic E-state index is 14.5. The van der Waals surface area contributed by atoms with Crippen LogP contribution in [0.4, 0.5) is 10.1 Å². The SMILES string of the molecule is COCc1cc(NS(=O)(=O)C2(CCO)CC2)c(Cc2ccc(C)cc2F)n(C)c1=O. The number of nitrogens with one attached hydrogen (secondary N) is 1. The molecule has 2 aromatic rings. The van der Waals surface area contributed by atoms with Crippen LogP contribution >= 0.6 is 0 Å². The molecule has 30 heavy (non-hydrogen) atoms. The Kier molecular flexibility index (Phi) is 6.35. The van der Waals surface area contributed by atoms with Gasteiger partial charge in [-0.1, -0.05) is 12.1 Å². The van der Waals surface area contributed by atoms with Gasteiger partial charge >= 0.3 is 0 Å². The van der Waals surface area contributed by atoms with Gasteiger partial charge in [-0.3, -0.25) is 9.52 Å². The molecule has 1 saturated carbocycles. The van der Waals surface area contributed by atoms with Crippen molar-refractivity contribution in [2.45, 2.75) is 44.0 Å². The average Bonchev–Trinajstić information content (AvgIpc) is 3.46. The highest BCUT2D eigenvalue weighted by Crippen LogP contribution is 2.47. The van der Waals surface area contributed by atoms with E-state index in [1.165, 1.54) is 30.9 Å². The fourth-order valence-electron chi connectivity index (χ4n) is 3.62. The van der Waals surface area contributed by atoms with Crippen LogP contribution in [0.15, 0.2) is 29.1 Å². The molecule has 0 amide bonds. The topological polar surface area (TPSA) is 97.6 Å². The molecule has 2 N–H and O–H groups in total. The van der Waals surface area contributed by atoms with Crippen LogP contribution in [0.5, 0.6) is 0 Å². The summed E-state index contributed by atoms with van der Waals surface area (Å²) in [5.41, 5.74) is 1.64. The number of aliphatic hydroxyl groups is 1. The molecule has 1 heterocycles. The molecule has 0 aliphatic heterocycles.